The highest BCUT2D eigenvalue weighted by Gasteiger charge is 2.27. The maximum atomic E-state index is 13.4. The van der Waals surface area contributed by atoms with Crippen LogP contribution in [0.25, 0.3) is 0 Å². The summed E-state index contributed by atoms with van der Waals surface area (Å²) in [5.41, 5.74) is 3.45. The zero-order valence-electron chi connectivity index (χ0n) is 17.5. The molecule has 31 heavy (non-hydrogen) atoms. The van der Waals surface area contributed by atoms with Gasteiger partial charge < -0.3 is 5.32 Å². The monoisotopic (exact) mass is 500 g/mol. The van der Waals surface area contributed by atoms with E-state index in [4.69, 9.17) is 0 Å². The van der Waals surface area contributed by atoms with Crippen molar-refractivity contribution in [2.75, 3.05) is 11.9 Å². The summed E-state index contributed by atoms with van der Waals surface area (Å²) >= 11 is 3.39. The first kappa shape index (κ1) is 23.2. The molecule has 0 atom stereocenters. The maximum absolute atomic E-state index is 13.4. The van der Waals surface area contributed by atoms with Crippen LogP contribution in [0.15, 0.2) is 82.2 Å². The van der Waals surface area contributed by atoms with Crippen molar-refractivity contribution in [1.82, 2.24) is 4.31 Å². The molecule has 3 rings (SSSR count). The number of nitrogens with zero attached hydrogens (tertiary/aromatic N) is 1. The summed E-state index contributed by atoms with van der Waals surface area (Å²) in [6, 6.07) is 21.6. The molecule has 0 heterocycles. The lowest BCUT2D eigenvalue weighted by molar-refractivity contribution is -0.116. The van der Waals surface area contributed by atoms with E-state index in [1.165, 1.54) is 4.31 Å². The van der Waals surface area contributed by atoms with Crippen LogP contribution in [0.1, 0.15) is 23.6 Å². The normalized spacial score (nSPS) is 11.5. The van der Waals surface area contributed by atoms with E-state index in [2.05, 4.69) is 21.2 Å². The quantitative estimate of drug-likeness (QED) is 0.464. The zero-order chi connectivity index (χ0) is 22.4. The van der Waals surface area contributed by atoms with E-state index < -0.39 is 10.0 Å². The predicted octanol–water partition coefficient (Wildman–Crippen LogP) is 5.15. The van der Waals surface area contributed by atoms with E-state index in [0.29, 0.717) is 5.69 Å². The Kier molecular flexibility index (Phi) is 7.64. The summed E-state index contributed by atoms with van der Waals surface area (Å²) in [6.07, 6.45) is 0.765. The number of hydrogen-bond donors (Lipinski definition) is 1. The lowest BCUT2D eigenvalue weighted by atomic mass is 10.1. The highest BCUT2D eigenvalue weighted by Crippen LogP contribution is 2.21. The van der Waals surface area contributed by atoms with Crippen LogP contribution < -0.4 is 5.32 Å². The molecular weight excluding hydrogens is 476 g/mol. The van der Waals surface area contributed by atoms with Gasteiger partial charge in [-0.05, 0) is 54.8 Å². The minimum absolute atomic E-state index is 0.0896. The van der Waals surface area contributed by atoms with Gasteiger partial charge in [-0.15, -0.1) is 0 Å². The van der Waals surface area contributed by atoms with Crippen LogP contribution in [0.3, 0.4) is 0 Å². The number of sulfonamides is 1. The molecule has 1 amide bonds. The van der Waals surface area contributed by atoms with Gasteiger partial charge in [0, 0.05) is 16.7 Å². The topological polar surface area (TPSA) is 66.5 Å². The van der Waals surface area contributed by atoms with E-state index in [-0.39, 0.29) is 23.9 Å². The molecule has 0 unspecified atom stereocenters. The first-order chi connectivity index (χ1) is 14.8. The second kappa shape index (κ2) is 10.2. The van der Waals surface area contributed by atoms with Gasteiger partial charge >= 0.3 is 0 Å². The van der Waals surface area contributed by atoms with Crippen molar-refractivity contribution in [3.8, 4) is 0 Å². The minimum Gasteiger partial charge on any atom is -0.325 e. The average molecular weight is 501 g/mol. The number of benzene rings is 3. The van der Waals surface area contributed by atoms with Crippen molar-refractivity contribution in [2.24, 2.45) is 0 Å². The molecule has 0 bridgehead atoms. The Morgan fingerprint density at radius 2 is 1.61 bits per heavy atom. The number of rotatable bonds is 8. The highest BCUT2D eigenvalue weighted by molar-refractivity contribution is 9.10. The fraction of sp³-hybridized carbons (Fsp3) is 0.208. The smallest absolute Gasteiger partial charge is 0.243 e. The highest BCUT2D eigenvalue weighted by atomic mass is 79.9. The van der Waals surface area contributed by atoms with Crippen LogP contribution in [0.5, 0.6) is 0 Å². The molecule has 7 heteroatoms. The molecule has 1 N–H and O–H groups in total. The number of para-hydroxylation sites is 1. The van der Waals surface area contributed by atoms with E-state index in [1.807, 2.05) is 62.4 Å². The van der Waals surface area contributed by atoms with E-state index in [0.717, 1.165) is 27.6 Å². The SMILES string of the molecule is CCc1ccccc1NC(=O)CN(Cc1ccc(Br)cc1)S(=O)(=O)c1ccc(C)cc1. The van der Waals surface area contributed by atoms with Crippen molar-refractivity contribution in [3.05, 3.63) is 94.0 Å². The van der Waals surface area contributed by atoms with Crippen LogP contribution >= 0.6 is 15.9 Å². The van der Waals surface area contributed by atoms with Gasteiger partial charge in [0.1, 0.15) is 0 Å². The predicted molar refractivity (Wildman–Crippen MR) is 127 cm³/mol. The largest absolute Gasteiger partial charge is 0.325 e. The standard InChI is InChI=1S/C24H25BrN2O3S/c1-3-20-6-4-5-7-23(20)26-24(28)17-27(16-19-10-12-21(25)13-11-19)31(29,30)22-14-8-18(2)9-15-22/h4-15H,3,16-17H2,1-2H3,(H,26,28). The number of amides is 1. The summed E-state index contributed by atoms with van der Waals surface area (Å²) < 4.78 is 28.8. The van der Waals surface area contributed by atoms with Crippen LogP contribution in [0.4, 0.5) is 5.69 Å². The third kappa shape index (κ3) is 6.03. The first-order valence-electron chi connectivity index (χ1n) is 9.98. The summed E-state index contributed by atoms with van der Waals surface area (Å²) in [7, 11) is -3.87. The maximum Gasteiger partial charge on any atom is 0.243 e. The minimum atomic E-state index is -3.87. The van der Waals surface area contributed by atoms with Crippen molar-refractivity contribution in [1.29, 1.82) is 0 Å². The Hall–Kier alpha value is -2.48. The van der Waals surface area contributed by atoms with Gasteiger partial charge in [0.15, 0.2) is 0 Å². The molecule has 0 spiro atoms. The molecule has 0 aliphatic rings. The molecule has 0 aromatic heterocycles. The van der Waals surface area contributed by atoms with E-state index >= 15 is 0 Å². The molecule has 0 saturated carbocycles. The number of carbonyl (C=O) groups excluding carboxylic acids is 1. The summed E-state index contributed by atoms with van der Waals surface area (Å²) in [5, 5.41) is 2.87. The fourth-order valence-corrected chi connectivity index (χ4v) is 4.83. The first-order valence-corrected chi connectivity index (χ1v) is 12.2. The summed E-state index contributed by atoms with van der Waals surface area (Å²) in [6.45, 7) is 3.71. The van der Waals surface area contributed by atoms with Crippen LogP contribution in [-0.4, -0.2) is 25.2 Å². The Balaban J connectivity index is 1.88. The van der Waals surface area contributed by atoms with Gasteiger partial charge in [-0.25, -0.2) is 8.42 Å². The van der Waals surface area contributed by atoms with Gasteiger partial charge in [-0.2, -0.15) is 4.31 Å². The Bertz CT molecular complexity index is 1140. The van der Waals surface area contributed by atoms with Crippen LogP contribution in [-0.2, 0) is 27.8 Å². The Morgan fingerprint density at radius 3 is 2.26 bits per heavy atom. The Labute approximate surface area is 192 Å². The lowest BCUT2D eigenvalue weighted by Crippen LogP contribution is -2.37. The third-order valence-corrected chi connectivity index (χ3v) is 7.26. The van der Waals surface area contributed by atoms with Crippen LogP contribution in [0.2, 0.25) is 0 Å². The Morgan fingerprint density at radius 1 is 0.968 bits per heavy atom. The van der Waals surface area contributed by atoms with Gasteiger partial charge in [0.05, 0.1) is 11.4 Å². The molecule has 5 nitrogen and oxygen atoms in total. The molecule has 0 radical (unpaired) electrons. The van der Waals surface area contributed by atoms with Crippen molar-refractivity contribution in [2.45, 2.75) is 31.7 Å². The average Bonchev–Trinajstić information content (AvgIpc) is 2.75. The number of halogens is 1. The van der Waals surface area contributed by atoms with Gasteiger partial charge in [-0.3, -0.25) is 4.79 Å². The molecule has 162 valence electrons. The van der Waals surface area contributed by atoms with Gasteiger partial charge in [0.25, 0.3) is 0 Å². The van der Waals surface area contributed by atoms with E-state index in [1.54, 1.807) is 24.3 Å². The lowest BCUT2D eigenvalue weighted by Gasteiger charge is -2.22. The second-order valence-electron chi connectivity index (χ2n) is 7.27. The second-order valence-corrected chi connectivity index (χ2v) is 10.1. The molecule has 0 aliphatic carbocycles. The number of aryl methyl sites for hydroxylation is 2. The molecular formula is C24H25BrN2O3S. The van der Waals surface area contributed by atoms with Gasteiger partial charge in [0.2, 0.25) is 15.9 Å². The third-order valence-electron chi connectivity index (χ3n) is 4.92. The van der Waals surface area contributed by atoms with Crippen LogP contribution in [0, 0.1) is 6.92 Å². The summed E-state index contributed by atoms with van der Waals surface area (Å²) in [5.74, 6) is -0.381. The molecule has 0 saturated heterocycles. The zero-order valence-corrected chi connectivity index (χ0v) is 19.9. The molecule has 0 fully saturated rings. The fourth-order valence-electron chi connectivity index (χ4n) is 3.18. The van der Waals surface area contributed by atoms with Crippen molar-refractivity contribution >= 4 is 37.5 Å². The van der Waals surface area contributed by atoms with Crippen molar-refractivity contribution < 1.29 is 13.2 Å². The number of carbonyl (C=O) groups is 1. The molecule has 3 aromatic rings. The number of nitrogens with one attached hydrogen (secondary N) is 1. The summed E-state index contributed by atoms with van der Waals surface area (Å²) in [4.78, 5) is 13.0. The number of anilines is 1. The number of hydrogen-bond acceptors (Lipinski definition) is 3. The van der Waals surface area contributed by atoms with E-state index in [9.17, 15) is 13.2 Å². The molecule has 3 aromatic carbocycles. The van der Waals surface area contributed by atoms with Gasteiger partial charge in [-0.1, -0.05) is 70.9 Å². The van der Waals surface area contributed by atoms with Crippen molar-refractivity contribution in [3.63, 3.8) is 0 Å². The molecule has 0 aliphatic heterocycles.